The molecule has 0 aromatic rings. The molecule has 17 heavy (non-hydrogen) atoms. The normalized spacial score (nSPS) is 21.0. The first kappa shape index (κ1) is 15.0. The molecule has 0 radical (unpaired) electrons. The number of rotatable bonds is 9. The maximum atomic E-state index is 5.70. The summed E-state index contributed by atoms with van der Waals surface area (Å²) in [4.78, 5) is 0. The molecule has 2 heteroatoms. The van der Waals surface area contributed by atoms with E-state index in [2.05, 4.69) is 26.1 Å². The van der Waals surface area contributed by atoms with Crippen LogP contribution >= 0.6 is 0 Å². The molecule has 1 rings (SSSR count). The molecule has 1 saturated heterocycles. The fourth-order valence-corrected chi connectivity index (χ4v) is 2.91. The van der Waals surface area contributed by atoms with E-state index in [4.69, 9.17) is 4.74 Å². The summed E-state index contributed by atoms with van der Waals surface area (Å²) in [6, 6.07) is 0. The van der Waals surface area contributed by atoms with E-state index < -0.39 is 0 Å². The van der Waals surface area contributed by atoms with Gasteiger partial charge in [0.15, 0.2) is 0 Å². The molecule has 2 nitrogen and oxygen atoms in total. The minimum absolute atomic E-state index is 0.522. The molecule has 0 spiro atoms. The van der Waals surface area contributed by atoms with Gasteiger partial charge in [0.1, 0.15) is 0 Å². The Balaban J connectivity index is 2.26. The first-order chi connectivity index (χ1) is 8.26. The molecule has 102 valence electrons. The second-order valence-electron chi connectivity index (χ2n) is 5.51. The van der Waals surface area contributed by atoms with Gasteiger partial charge in [-0.05, 0) is 50.5 Å². The SMILES string of the molecule is CCNCC(CC)(CC)CCCC1CCCO1. The van der Waals surface area contributed by atoms with E-state index in [0.29, 0.717) is 11.5 Å². The van der Waals surface area contributed by atoms with Crippen molar-refractivity contribution in [1.82, 2.24) is 5.32 Å². The van der Waals surface area contributed by atoms with Gasteiger partial charge < -0.3 is 10.1 Å². The van der Waals surface area contributed by atoms with Crippen LogP contribution in [-0.2, 0) is 4.74 Å². The number of hydrogen-bond acceptors (Lipinski definition) is 2. The first-order valence-corrected chi connectivity index (χ1v) is 7.58. The number of nitrogens with one attached hydrogen (secondary N) is 1. The predicted molar refractivity (Wildman–Crippen MR) is 74.4 cm³/mol. The van der Waals surface area contributed by atoms with Gasteiger partial charge in [-0.2, -0.15) is 0 Å². The lowest BCUT2D eigenvalue weighted by molar-refractivity contribution is 0.0961. The van der Waals surface area contributed by atoms with E-state index in [0.717, 1.165) is 13.2 Å². The summed E-state index contributed by atoms with van der Waals surface area (Å²) >= 11 is 0. The highest BCUT2D eigenvalue weighted by atomic mass is 16.5. The molecule has 1 fully saturated rings. The first-order valence-electron chi connectivity index (χ1n) is 7.58. The molecule has 1 N–H and O–H groups in total. The molecule has 1 aliphatic heterocycles. The Morgan fingerprint density at radius 1 is 1.24 bits per heavy atom. The van der Waals surface area contributed by atoms with Crippen LogP contribution in [0.2, 0.25) is 0 Å². The van der Waals surface area contributed by atoms with Gasteiger partial charge in [-0.3, -0.25) is 0 Å². The highest BCUT2D eigenvalue weighted by Crippen LogP contribution is 2.33. The van der Waals surface area contributed by atoms with E-state index in [9.17, 15) is 0 Å². The van der Waals surface area contributed by atoms with Crippen LogP contribution in [0.25, 0.3) is 0 Å². The van der Waals surface area contributed by atoms with Crippen LogP contribution in [0.1, 0.15) is 65.7 Å². The third-order valence-electron chi connectivity index (χ3n) is 4.51. The average Bonchev–Trinajstić information content (AvgIpc) is 2.87. The third-order valence-corrected chi connectivity index (χ3v) is 4.51. The third kappa shape index (κ3) is 4.97. The Bertz CT molecular complexity index is 183. The van der Waals surface area contributed by atoms with Crippen molar-refractivity contribution >= 4 is 0 Å². The van der Waals surface area contributed by atoms with Gasteiger partial charge in [0.25, 0.3) is 0 Å². The summed E-state index contributed by atoms with van der Waals surface area (Å²) in [6.45, 7) is 10.1. The van der Waals surface area contributed by atoms with E-state index in [1.165, 1.54) is 51.5 Å². The van der Waals surface area contributed by atoms with Gasteiger partial charge in [-0.1, -0.05) is 27.2 Å². The second kappa shape index (κ2) is 8.10. The molecule has 0 amide bonds. The zero-order valence-corrected chi connectivity index (χ0v) is 12.1. The zero-order chi connectivity index (χ0) is 12.6. The lowest BCUT2D eigenvalue weighted by Gasteiger charge is -2.32. The van der Waals surface area contributed by atoms with Crippen LogP contribution in [0.3, 0.4) is 0 Å². The zero-order valence-electron chi connectivity index (χ0n) is 12.1. The molecule has 1 unspecified atom stereocenters. The van der Waals surface area contributed by atoms with E-state index >= 15 is 0 Å². The predicted octanol–water partition coefficient (Wildman–Crippen LogP) is 3.75. The van der Waals surface area contributed by atoms with Crippen molar-refractivity contribution in [2.24, 2.45) is 5.41 Å². The fraction of sp³-hybridized carbons (Fsp3) is 1.00. The summed E-state index contributed by atoms with van der Waals surface area (Å²) in [5.41, 5.74) is 0.522. The van der Waals surface area contributed by atoms with Crippen LogP contribution in [0, 0.1) is 5.41 Å². The average molecular weight is 241 g/mol. The van der Waals surface area contributed by atoms with Crippen molar-refractivity contribution in [3.63, 3.8) is 0 Å². The van der Waals surface area contributed by atoms with Crippen molar-refractivity contribution in [1.29, 1.82) is 0 Å². The molecule has 0 bridgehead atoms. The quantitative estimate of drug-likeness (QED) is 0.664. The highest BCUT2D eigenvalue weighted by Gasteiger charge is 2.26. The van der Waals surface area contributed by atoms with Gasteiger partial charge in [0.2, 0.25) is 0 Å². The maximum Gasteiger partial charge on any atom is 0.0576 e. The monoisotopic (exact) mass is 241 g/mol. The summed E-state index contributed by atoms with van der Waals surface area (Å²) in [6.07, 6.45) is 9.68. The molecule has 1 atom stereocenters. The van der Waals surface area contributed by atoms with Gasteiger partial charge in [0.05, 0.1) is 6.10 Å². The number of ether oxygens (including phenoxy) is 1. The molecule has 1 heterocycles. The fourth-order valence-electron chi connectivity index (χ4n) is 2.91. The highest BCUT2D eigenvalue weighted by molar-refractivity contribution is 4.79. The Kier molecular flexibility index (Phi) is 7.14. The van der Waals surface area contributed by atoms with E-state index in [-0.39, 0.29) is 0 Å². The minimum Gasteiger partial charge on any atom is -0.378 e. The molecular weight excluding hydrogens is 210 g/mol. The van der Waals surface area contributed by atoms with Crippen molar-refractivity contribution in [2.75, 3.05) is 19.7 Å². The molecule has 0 aliphatic carbocycles. The summed E-state index contributed by atoms with van der Waals surface area (Å²) in [5.74, 6) is 0. The summed E-state index contributed by atoms with van der Waals surface area (Å²) in [5, 5.41) is 3.54. The Morgan fingerprint density at radius 3 is 2.53 bits per heavy atom. The standard InChI is InChI=1S/C15H31NO/c1-4-15(5-2,13-16-6-3)11-7-9-14-10-8-12-17-14/h14,16H,4-13H2,1-3H3. The Labute approximate surface area is 108 Å². The Morgan fingerprint density at radius 2 is 2.00 bits per heavy atom. The van der Waals surface area contributed by atoms with Crippen LogP contribution in [0.4, 0.5) is 0 Å². The van der Waals surface area contributed by atoms with Gasteiger partial charge >= 0.3 is 0 Å². The molecule has 1 aliphatic rings. The minimum atomic E-state index is 0.522. The molecular formula is C15H31NO. The summed E-state index contributed by atoms with van der Waals surface area (Å²) < 4.78 is 5.70. The number of hydrogen-bond donors (Lipinski definition) is 1. The van der Waals surface area contributed by atoms with Gasteiger partial charge in [-0.25, -0.2) is 0 Å². The second-order valence-corrected chi connectivity index (χ2v) is 5.51. The molecule has 0 saturated carbocycles. The van der Waals surface area contributed by atoms with Gasteiger partial charge in [0, 0.05) is 13.2 Å². The lowest BCUT2D eigenvalue weighted by atomic mass is 9.77. The van der Waals surface area contributed by atoms with Crippen molar-refractivity contribution in [3.8, 4) is 0 Å². The molecule has 0 aromatic heterocycles. The van der Waals surface area contributed by atoms with Crippen molar-refractivity contribution in [2.45, 2.75) is 71.8 Å². The summed E-state index contributed by atoms with van der Waals surface area (Å²) in [7, 11) is 0. The van der Waals surface area contributed by atoms with Crippen LogP contribution in [-0.4, -0.2) is 25.8 Å². The molecule has 0 aromatic carbocycles. The Hall–Kier alpha value is -0.0800. The topological polar surface area (TPSA) is 21.3 Å². The maximum absolute atomic E-state index is 5.70. The van der Waals surface area contributed by atoms with Crippen LogP contribution < -0.4 is 5.32 Å². The van der Waals surface area contributed by atoms with E-state index in [1.54, 1.807) is 0 Å². The van der Waals surface area contributed by atoms with Gasteiger partial charge in [-0.15, -0.1) is 0 Å². The lowest BCUT2D eigenvalue weighted by Crippen LogP contribution is -2.33. The van der Waals surface area contributed by atoms with Crippen molar-refractivity contribution in [3.05, 3.63) is 0 Å². The van der Waals surface area contributed by atoms with E-state index in [1.807, 2.05) is 0 Å². The van der Waals surface area contributed by atoms with Crippen molar-refractivity contribution < 1.29 is 4.74 Å². The smallest absolute Gasteiger partial charge is 0.0576 e. The largest absolute Gasteiger partial charge is 0.378 e. The van der Waals surface area contributed by atoms with Crippen LogP contribution in [0.5, 0.6) is 0 Å². The van der Waals surface area contributed by atoms with Crippen LogP contribution in [0.15, 0.2) is 0 Å².